The van der Waals surface area contributed by atoms with Crippen LogP contribution in [0.3, 0.4) is 0 Å². The Morgan fingerprint density at radius 3 is 2.37 bits per heavy atom. The predicted molar refractivity (Wildman–Crippen MR) is 76.0 cm³/mol. The van der Waals surface area contributed by atoms with Crippen molar-refractivity contribution in [2.45, 2.75) is 27.2 Å². The highest BCUT2D eigenvalue weighted by atomic mass is 16.2. The first-order valence-corrected chi connectivity index (χ1v) is 6.61. The molecule has 0 aliphatic heterocycles. The minimum atomic E-state index is -0.101. The van der Waals surface area contributed by atoms with Crippen molar-refractivity contribution in [2.75, 3.05) is 13.1 Å². The predicted octanol–water partition coefficient (Wildman–Crippen LogP) is 1.89. The van der Waals surface area contributed by atoms with Gasteiger partial charge in [0.15, 0.2) is 0 Å². The molecule has 0 aliphatic carbocycles. The first-order chi connectivity index (χ1) is 9.00. The van der Waals surface area contributed by atoms with Crippen LogP contribution in [0.2, 0.25) is 0 Å². The van der Waals surface area contributed by atoms with E-state index < -0.39 is 0 Å². The molecular formula is C15H22N2O2. The minimum absolute atomic E-state index is 0.0279. The zero-order valence-corrected chi connectivity index (χ0v) is 11.8. The van der Waals surface area contributed by atoms with Crippen LogP contribution in [0.4, 0.5) is 0 Å². The van der Waals surface area contributed by atoms with E-state index in [4.69, 9.17) is 0 Å². The highest BCUT2D eigenvalue weighted by Gasteiger charge is 2.07. The normalized spacial score (nSPS) is 10.3. The summed E-state index contributed by atoms with van der Waals surface area (Å²) in [7, 11) is 0. The van der Waals surface area contributed by atoms with Gasteiger partial charge in [-0.2, -0.15) is 0 Å². The van der Waals surface area contributed by atoms with Gasteiger partial charge in [0.05, 0.1) is 0 Å². The number of rotatable bonds is 6. The zero-order valence-electron chi connectivity index (χ0n) is 11.8. The van der Waals surface area contributed by atoms with Crippen LogP contribution < -0.4 is 10.6 Å². The lowest BCUT2D eigenvalue weighted by molar-refractivity contribution is -0.121. The Bertz CT molecular complexity index is 442. The van der Waals surface area contributed by atoms with Crippen molar-refractivity contribution >= 4 is 11.8 Å². The largest absolute Gasteiger partial charge is 0.354 e. The zero-order chi connectivity index (χ0) is 14.3. The van der Waals surface area contributed by atoms with Crippen LogP contribution in [-0.4, -0.2) is 24.9 Å². The van der Waals surface area contributed by atoms with E-state index in [2.05, 4.69) is 10.6 Å². The molecule has 1 rings (SSSR count). The van der Waals surface area contributed by atoms with E-state index in [9.17, 15) is 9.59 Å². The van der Waals surface area contributed by atoms with Gasteiger partial charge in [-0.1, -0.05) is 32.0 Å². The van der Waals surface area contributed by atoms with E-state index in [1.807, 2.05) is 39.0 Å². The van der Waals surface area contributed by atoms with Crippen molar-refractivity contribution in [1.29, 1.82) is 0 Å². The number of amides is 2. The number of aryl methyl sites for hydroxylation is 1. The van der Waals surface area contributed by atoms with Crippen molar-refractivity contribution in [3.63, 3.8) is 0 Å². The Kier molecular flexibility index (Phi) is 6.06. The van der Waals surface area contributed by atoms with Crippen LogP contribution in [0.5, 0.6) is 0 Å². The summed E-state index contributed by atoms with van der Waals surface area (Å²) in [6.07, 6.45) is 0.520. The summed E-state index contributed by atoms with van der Waals surface area (Å²) in [6, 6.07) is 7.44. The van der Waals surface area contributed by atoms with Crippen LogP contribution in [0.1, 0.15) is 36.2 Å². The molecular weight excluding hydrogens is 240 g/mol. The third-order valence-corrected chi connectivity index (χ3v) is 2.72. The second-order valence-corrected chi connectivity index (χ2v) is 5.02. The first kappa shape index (κ1) is 15.2. The van der Waals surface area contributed by atoms with Crippen LogP contribution in [0, 0.1) is 12.8 Å². The van der Waals surface area contributed by atoms with Gasteiger partial charge in [-0.05, 0) is 24.5 Å². The Morgan fingerprint density at radius 2 is 1.74 bits per heavy atom. The van der Waals surface area contributed by atoms with Crippen molar-refractivity contribution < 1.29 is 9.59 Å². The van der Waals surface area contributed by atoms with Gasteiger partial charge in [0, 0.05) is 25.1 Å². The van der Waals surface area contributed by atoms with Crippen molar-refractivity contribution in [2.24, 2.45) is 5.92 Å². The first-order valence-electron chi connectivity index (χ1n) is 6.61. The summed E-state index contributed by atoms with van der Waals surface area (Å²) in [6.45, 7) is 6.80. The van der Waals surface area contributed by atoms with E-state index in [1.165, 1.54) is 0 Å². The summed E-state index contributed by atoms with van der Waals surface area (Å²) in [5.74, 6) is 0.276. The lowest BCUT2D eigenvalue weighted by atomic mass is 10.1. The number of hydrogen-bond donors (Lipinski definition) is 2. The maximum atomic E-state index is 11.9. The lowest BCUT2D eigenvalue weighted by Crippen LogP contribution is -2.35. The second-order valence-electron chi connectivity index (χ2n) is 5.02. The molecule has 2 N–H and O–H groups in total. The third kappa shape index (κ3) is 5.55. The smallest absolute Gasteiger partial charge is 0.251 e. The van der Waals surface area contributed by atoms with Gasteiger partial charge in [-0.15, -0.1) is 0 Å². The molecule has 0 fully saturated rings. The van der Waals surface area contributed by atoms with Crippen molar-refractivity contribution in [1.82, 2.24) is 10.6 Å². The summed E-state index contributed by atoms with van der Waals surface area (Å²) in [5, 5.41) is 5.58. The molecule has 0 spiro atoms. The van der Waals surface area contributed by atoms with Gasteiger partial charge >= 0.3 is 0 Å². The Balaban J connectivity index is 2.29. The van der Waals surface area contributed by atoms with Crippen molar-refractivity contribution in [3.8, 4) is 0 Å². The second kappa shape index (κ2) is 7.56. The number of carbonyl (C=O) groups excluding carboxylic acids is 2. The fraction of sp³-hybridized carbons (Fsp3) is 0.467. The average Bonchev–Trinajstić information content (AvgIpc) is 2.34. The van der Waals surface area contributed by atoms with Gasteiger partial charge < -0.3 is 10.6 Å². The van der Waals surface area contributed by atoms with E-state index in [1.54, 1.807) is 6.07 Å². The molecule has 1 aromatic carbocycles. The van der Waals surface area contributed by atoms with Gasteiger partial charge in [-0.3, -0.25) is 9.59 Å². The molecule has 0 heterocycles. The van der Waals surface area contributed by atoms with Crippen LogP contribution >= 0.6 is 0 Å². The van der Waals surface area contributed by atoms with Gasteiger partial charge in [0.1, 0.15) is 0 Å². The minimum Gasteiger partial charge on any atom is -0.354 e. The van der Waals surface area contributed by atoms with Crippen LogP contribution in [0.15, 0.2) is 24.3 Å². The SMILES string of the molecule is Cc1ccccc1C(=O)NCCNC(=O)CC(C)C. The highest BCUT2D eigenvalue weighted by molar-refractivity contribution is 5.95. The summed E-state index contributed by atoms with van der Waals surface area (Å²) < 4.78 is 0. The summed E-state index contributed by atoms with van der Waals surface area (Å²) in [5.41, 5.74) is 1.62. The molecule has 19 heavy (non-hydrogen) atoms. The molecule has 0 saturated heterocycles. The molecule has 0 saturated carbocycles. The molecule has 0 bridgehead atoms. The molecule has 104 valence electrons. The van der Waals surface area contributed by atoms with Gasteiger partial charge in [0.25, 0.3) is 5.91 Å². The fourth-order valence-corrected chi connectivity index (χ4v) is 1.74. The lowest BCUT2D eigenvalue weighted by Gasteiger charge is -2.09. The Hall–Kier alpha value is -1.84. The number of carbonyl (C=O) groups is 2. The maximum Gasteiger partial charge on any atom is 0.251 e. The Labute approximate surface area is 114 Å². The number of benzene rings is 1. The average molecular weight is 262 g/mol. The topological polar surface area (TPSA) is 58.2 Å². The quantitative estimate of drug-likeness (QED) is 0.769. The molecule has 0 aliphatic rings. The fourth-order valence-electron chi connectivity index (χ4n) is 1.74. The Morgan fingerprint density at radius 1 is 1.11 bits per heavy atom. The maximum absolute atomic E-state index is 11.9. The monoisotopic (exact) mass is 262 g/mol. The van der Waals surface area contributed by atoms with Crippen LogP contribution in [-0.2, 0) is 4.79 Å². The standard InChI is InChI=1S/C15H22N2O2/c1-11(2)10-14(18)16-8-9-17-15(19)13-7-5-4-6-12(13)3/h4-7,11H,8-10H2,1-3H3,(H,16,18)(H,17,19). The molecule has 0 radical (unpaired) electrons. The van der Waals surface area contributed by atoms with Crippen molar-refractivity contribution in [3.05, 3.63) is 35.4 Å². The van der Waals surface area contributed by atoms with E-state index in [0.717, 1.165) is 5.56 Å². The molecule has 0 aromatic heterocycles. The summed E-state index contributed by atoms with van der Waals surface area (Å²) >= 11 is 0. The summed E-state index contributed by atoms with van der Waals surface area (Å²) in [4.78, 5) is 23.3. The van der Waals surface area contributed by atoms with Crippen LogP contribution in [0.25, 0.3) is 0 Å². The molecule has 0 atom stereocenters. The molecule has 4 nitrogen and oxygen atoms in total. The molecule has 1 aromatic rings. The number of nitrogens with one attached hydrogen (secondary N) is 2. The molecule has 4 heteroatoms. The van der Waals surface area contributed by atoms with E-state index >= 15 is 0 Å². The highest BCUT2D eigenvalue weighted by Crippen LogP contribution is 2.05. The molecule has 2 amide bonds. The number of hydrogen-bond acceptors (Lipinski definition) is 2. The van der Waals surface area contributed by atoms with Gasteiger partial charge in [0.2, 0.25) is 5.91 Å². The molecule has 0 unspecified atom stereocenters. The van der Waals surface area contributed by atoms with Gasteiger partial charge in [-0.25, -0.2) is 0 Å². The van der Waals surface area contributed by atoms with E-state index in [-0.39, 0.29) is 11.8 Å². The third-order valence-electron chi connectivity index (χ3n) is 2.72. The van der Waals surface area contributed by atoms with E-state index in [0.29, 0.717) is 31.0 Å².